The lowest BCUT2D eigenvalue weighted by atomic mass is 10.1. The number of nitrogens with zero attached hydrogens (tertiary/aromatic N) is 1. The van der Waals surface area contributed by atoms with Crippen LogP contribution in [-0.4, -0.2) is 9.67 Å². The molecule has 0 amide bonds. The summed E-state index contributed by atoms with van der Waals surface area (Å²) < 4.78 is 15.5. The average molecular weight is 235 g/mol. The Bertz CT molecular complexity index is 530. The molecule has 0 atom stereocenters. The number of phenols is 1. The number of aromatic nitrogens is 1. The summed E-state index contributed by atoms with van der Waals surface area (Å²) in [6, 6.07) is 3.08. The molecule has 1 aromatic heterocycles. The minimum Gasteiger partial charge on any atom is -0.504 e. The molecule has 0 spiro atoms. The summed E-state index contributed by atoms with van der Waals surface area (Å²) in [5, 5.41) is 10.5. The highest BCUT2D eigenvalue weighted by atomic mass is 19.1. The number of aryl methyl sites for hydroxylation is 2. The monoisotopic (exact) mass is 235 g/mol. The van der Waals surface area contributed by atoms with E-state index in [-0.39, 0.29) is 5.75 Å². The molecule has 1 N–H and O–H groups in total. The van der Waals surface area contributed by atoms with E-state index in [1.165, 1.54) is 6.07 Å². The Morgan fingerprint density at radius 2 is 2.00 bits per heavy atom. The second-order valence-corrected chi connectivity index (χ2v) is 4.39. The van der Waals surface area contributed by atoms with Gasteiger partial charge in [-0.1, -0.05) is 20.3 Å². The first-order valence-electron chi connectivity index (χ1n) is 6.18. The molecule has 0 aliphatic heterocycles. The van der Waals surface area contributed by atoms with Crippen molar-refractivity contribution in [1.29, 1.82) is 0 Å². The molecule has 1 heterocycles. The van der Waals surface area contributed by atoms with Crippen LogP contribution in [0.4, 0.5) is 4.39 Å². The van der Waals surface area contributed by atoms with Gasteiger partial charge in [0.1, 0.15) is 0 Å². The van der Waals surface area contributed by atoms with E-state index in [0.29, 0.717) is 5.39 Å². The van der Waals surface area contributed by atoms with Crippen molar-refractivity contribution >= 4 is 10.9 Å². The van der Waals surface area contributed by atoms with Gasteiger partial charge in [0.05, 0.1) is 5.52 Å². The predicted octanol–water partition coefficient (Wildman–Crippen LogP) is 3.85. The van der Waals surface area contributed by atoms with Crippen molar-refractivity contribution in [2.24, 2.45) is 0 Å². The fourth-order valence-electron chi connectivity index (χ4n) is 2.32. The fraction of sp³-hybridized carbons (Fsp3) is 0.429. The number of halogens is 1. The van der Waals surface area contributed by atoms with Crippen LogP contribution < -0.4 is 0 Å². The number of fused-ring (bicyclic) bond motifs is 1. The summed E-state index contributed by atoms with van der Waals surface area (Å²) in [7, 11) is 0. The maximum absolute atomic E-state index is 13.4. The van der Waals surface area contributed by atoms with E-state index in [9.17, 15) is 9.50 Å². The van der Waals surface area contributed by atoms with Crippen LogP contribution in [0.25, 0.3) is 10.9 Å². The first-order chi connectivity index (χ1) is 8.19. The van der Waals surface area contributed by atoms with Gasteiger partial charge >= 0.3 is 0 Å². The fourth-order valence-corrected chi connectivity index (χ4v) is 2.32. The van der Waals surface area contributed by atoms with Crippen LogP contribution in [0.15, 0.2) is 18.3 Å². The summed E-state index contributed by atoms with van der Waals surface area (Å²) in [6.07, 6.45) is 4.91. The molecule has 3 heteroatoms. The number of aromatic hydroxyl groups is 1. The van der Waals surface area contributed by atoms with E-state index < -0.39 is 5.82 Å². The van der Waals surface area contributed by atoms with Crippen LogP contribution in [0.2, 0.25) is 0 Å². The molecule has 17 heavy (non-hydrogen) atoms. The zero-order valence-corrected chi connectivity index (χ0v) is 10.3. The van der Waals surface area contributed by atoms with Crippen LogP contribution in [0.3, 0.4) is 0 Å². The molecule has 0 radical (unpaired) electrons. The number of rotatable bonds is 4. The highest BCUT2D eigenvalue weighted by molar-refractivity contribution is 5.90. The maximum Gasteiger partial charge on any atom is 0.165 e. The smallest absolute Gasteiger partial charge is 0.165 e. The largest absolute Gasteiger partial charge is 0.504 e. The molecule has 0 bridgehead atoms. The second kappa shape index (κ2) is 4.78. The molecule has 0 aliphatic rings. The molecule has 0 fully saturated rings. The third-order valence-electron chi connectivity index (χ3n) is 3.03. The van der Waals surface area contributed by atoms with Crippen LogP contribution in [0, 0.1) is 5.82 Å². The minimum absolute atomic E-state index is 0.208. The van der Waals surface area contributed by atoms with Crippen molar-refractivity contribution in [2.45, 2.75) is 39.7 Å². The van der Waals surface area contributed by atoms with Crippen LogP contribution in [0.5, 0.6) is 5.75 Å². The number of benzene rings is 1. The molecule has 1 aromatic carbocycles. The third kappa shape index (κ3) is 2.02. The van der Waals surface area contributed by atoms with E-state index in [1.54, 1.807) is 6.07 Å². The Labute approximate surface area is 101 Å². The minimum atomic E-state index is -0.538. The van der Waals surface area contributed by atoms with Gasteiger partial charge in [0, 0.05) is 18.1 Å². The van der Waals surface area contributed by atoms with Gasteiger partial charge in [0.15, 0.2) is 11.6 Å². The van der Waals surface area contributed by atoms with Crippen molar-refractivity contribution in [2.75, 3.05) is 0 Å². The van der Waals surface area contributed by atoms with E-state index >= 15 is 0 Å². The van der Waals surface area contributed by atoms with Crippen molar-refractivity contribution in [3.8, 4) is 5.75 Å². The lowest BCUT2D eigenvalue weighted by Crippen LogP contribution is -1.93. The Morgan fingerprint density at radius 3 is 2.65 bits per heavy atom. The topological polar surface area (TPSA) is 25.2 Å². The first-order valence-corrected chi connectivity index (χ1v) is 6.18. The van der Waals surface area contributed by atoms with Crippen molar-refractivity contribution in [3.63, 3.8) is 0 Å². The van der Waals surface area contributed by atoms with Crippen molar-refractivity contribution in [1.82, 2.24) is 4.57 Å². The summed E-state index contributed by atoms with van der Waals surface area (Å²) >= 11 is 0. The molecule has 0 saturated heterocycles. The van der Waals surface area contributed by atoms with Crippen molar-refractivity contribution in [3.05, 3.63) is 29.7 Å². The van der Waals surface area contributed by atoms with Crippen molar-refractivity contribution < 1.29 is 9.50 Å². The highest BCUT2D eigenvalue weighted by Gasteiger charge is 2.14. The van der Waals surface area contributed by atoms with Gasteiger partial charge in [-0.25, -0.2) is 4.39 Å². The van der Waals surface area contributed by atoms with Crippen LogP contribution >= 0.6 is 0 Å². The summed E-state index contributed by atoms with van der Waals surface area (Å²) in [4.78, 5) is 0. The highest BCUT2D eigenvalue weighted by Crippen LogP contribution is 2.33. The van der Waals surface area contributed by atoms with Gasteiger partial charge in [-0.3, -0.25) is 0 Å². The van der Waals surface area contributed by atoms with Gasteiger partial charge in [-0.05, 0) is 30.5 Å². The Morgan fingerprint density at radius 1 is 1.24 bits per heavy atom. The van der Waals surface area contributed by atoms with E-state index in [1.807, 2.05) is 6.20 Å². The lowest BCUT2D eigenvalue weighted by Gasteiger charge is -2.03. The quantitative estimate of drug-likeness (QED) is 0.855. The van der Waals surface area contributed by atoms with Crippen LogP contribution in [0.1, 0.15) is 32.3 Å². The standard InChI is InChI=1S/C14H18FNO/c1-3-5-10-9-16(8-4-2)12-7-6-11(15)14(17)13(10)12/h6-7,9,17H,3-5,8H2,1-2H3. The molecule has 2 aromatic rings. The third-order valence-corrected chi connectivity index (χ3v) is 3.03. The predicted molar refractivity (Wildman–Crippen MR) is 67.8 cm³/mol. The molecule has 92 valence electrons. The Balaban J connectivity index is 2.67. The molecule has 0 aliphatic carbocycles. The Kier molecular flexibility index (Phi) is 3.36. The number of hydrogen-bond acceptors (Lipinski definition) is 1. The number of phenolic OH excluding ortho intramolecular Hbond substituents is 1. The van der Waals surface area contributed by atoms with Gasteiger partial charge < -0.3 is 9.67 Å². The Hall–Kier alpha value is -1.51. The maximum atomic E-state index is 13.4. The zero-order chi connectivity index (χ0) is 12.4. The van der Waals surface area contributed by atoms with Gasteiger partial charge in [0.2, 0.25) is 0 Å². The normalized spacial score (nSPS) is 11.2. The van der Waals surface area contributed by atoms with Gasteiger partial charge in [0.25, 0.3) is 0 Å². The molecule has 2 nitrogen and oxygen atoms in total. The average Bonchev–Trinajstić information content (AvgIpc) is 2.64. The molecule has 0 saturated carbocycles. The SMILES string of the molecule is CCCc1cn(CCC)c2ccc(F)c(O)c12. The van der Waals surface area contributed by atoms with E-state index in [2.05, 4.69) is 18.4 Å². The second-order valence-electron chi connectivity index (χ2n) is 4.39. The zero-order valence-electron chi connectivity index (χ0n) is 10.3. The van der Waals surface area contributed by atoms with Gasteiger partial charge in [-0.2, -0.15) is 0 Å². The number of hydrogen-bond donors (Lipinski definition) is 1. The summed E-state index contributed by atoms with van der Waals surface area (Å²) in [5.41, 5.74) is 1.96. The van der Waals surface area contributed by atoms with Gasteiger partial charge in [-0.15, -0.1) is 0 Å². The molecule has 0 unspecified atom stereocenters. The lowest BCUT2D eigenvalue weighted by molar-refractivity contribution is 0.438. The molecular formula is C14H18FNO. The van der Waals surface area contributed by atoms with Crippen LogP contribution in [-0.2, 0) is 13.0 Å². The molecule has 2 rings (SSSR count). The summed E-state index contributed by atoms with van der Waals surface area (Å²) in [6.45, 7) is 5.08. The first kappa shape index (κ1) is 12.0. The molecular weight excluding hydrogens is 217 g/mol. The van der Waals surface area contributed by atoms with E-state index in [0.717, 1.165) is 36.9 Å². The summed E-state index contributed by atoms with van der Waals surface area (Å²) in [5.74, 6) is -0.745. The van der Waals surface area contributed by atoms with E-state index in [4.69, 9.17) is 0 Å².